The van der Waals surface area contributed by atoms with Crippen LogP contribution >= 0.6 is 0 Å². The van der Waals surface area contributed by atoms with E-state index >= 15 is 0 Å². The van der Waals surface area contributed by atoms with E-state index in [1.807, 2.05) is 30.3 Å². The topological polar surface area (TPSA) is 78.8 Å². The zero-order chi connectivity index (χ0) is 16.2. The summed E-state index contributed by atoms with van der Waals surface area (Å²) < 4.78 is 5.22. The van der Waals surface area contributed by atoms with Crippen molar-refractivity contribution in [3.63, 3.8) is 0 Å². The minimum absolute atomic E-state index is 0.0327. The number of alkyl carbamates (subject to hydrolysis) is 1. The third kappa shape index (κ3) is 3.56. The summed E-state index contributed by atoms with van der Waals surface area (Å²) in [6.45, 7) is 0.241. The molecule has 2 aromatic rings. The van der Waals surface area contributed by atoms with Crippen molar-refractivity contribution in [2.75, 3.05) is 0 Å². The molecule has 5 nitrogen and oxygen atoms in total. The van der Waals surface area contributed by atoms with Crippen LogP contribution in [-0.4, -0.2) is 22.3 Å². The van der Waals surface area contributed by atoms with Crippen LogP contribution in [0, 0.1) is 0 Å². The zero-order valence-electron chi connectivity index (χ0n) is 12.7. The molecule has 1 amide bonds. The number of benzene rings is 2. The lowest BCUT2D eigenvalue weighted by molar-refractivity contribution is 0.134. The molecular weight excluding hydrogens is 294 g/mol. The normalized spacial score (nSPS) is 16.4. The van der Waals surface area contributed by atoms with Gasteiger partial charge in [-0.05, 0) is 36.5 Å². The number of rotatable bonds is 3. The molecule has 0 aliphatic heterocycles. The van der Waals surface area contributed by atoms with Crippen LogP contribution in [0.3, 0.4) is 0 Å². The molecule has 1 aliphatic carbocycles. The second-order valence-electron chi connectivity index (χ2n) is 5.72. The summed E-state index contributed by atoms with van der Waals surface area (Å²) in [7, 11) is 0. The number of ether oxygens (including phenoxy) is 1. The molecule has 0 heterocycles. The number of phenols is 2. The molecule has 1 aliphatic rings. The largest absolute Gasteiger partial charge is 0.504 e. The second kappa shape index (κ2) is 6.60. The third-order valence-corrected chi connectivity index (χ3v) is 4.10. The van der Waals surface area contributed by atoms with Crippen molar-refractivity contribution in [1.29, 1.82) is 0 Å². The van der Waals surface area contributed by atoms with Gasteiger partial charge in [-0.1, -0.05) is 36.4 Å². The van der Waals surface area contributed by atoms with Crippen LogP contribution in [0.1, 0.15) is 23.1 Å². The van der Waals surface area contributed by atoms with E-state index < -0.39 is 6.09 Å². The fraction of sp³-hybridized carbons (Fsp3) is 0.278. The van der Waals surface area contributed by atoms with Gasteiger partial charge in [0.25, 0.3) is 0 Å². The van der Waals surface area contributed by atoms with E-state index in [0.717, 1.165) is 16.7 Å². The van der Waals surface area contributed by atoms with E-state index in [9.17, 15) is 15.0 Å². The fourth-order valence-corrected chi connectivity index (χ4v) is 2.88. The first-order chi connectivity index (χ1) is 11.1. The Bertz CT molecular complexity index is 700. The summed E-state index contributed by atoms with van der Waals surface area (Å²) in [5.41, 5.74) is 2.65. The van der Waals surface area contributed by atoms with Gasteiger partial charge in [0.15, 0.2) is 11.5 Å². The minimum atomic E-state index is -0.440. The molecule has 0 fully saturated rings. The number of fused-ring (bicyclic) bond motifs is 1. The Hall–Kier alpha value is -2.69. The SMILES string of the molecule is O=C(N[C@H]1CCc2c(ccc(O)c2O)C1)OCc1ccccc1. The zero-order valence-corrected chi connectivity index (χ0v) is 12.7. The van der Waals surface area contributed by atoms with Gasteiger partial charge in [0.1, 0.15) is 6.61 Å². The maximum Gasteiger partial charge on any atom is 0.407 e. The first-order valence-electron chi connectivity index (χ1n) is 7.63. The van der Waals surface area contributed by atoms with Gasteiger partial charge in [-0.3, -0.25) is 0 Å². The summed E-state index contributed by atoms with van der Waals surface area (Å²) in [6.07, 6.45) is 1.48. The average molecular weight is 313 g/mol. The highest BCUT2D eigenvalue weighted by Gasteiger charge is 2.23. The van der Waals surface area contributed by atoms with Crippen molar-refractivity contribution in [3.05, 3.63) is 59.2 Å². The van der Waals surface area contributed by atoms with E-state index in [-0.39, 0.29) is 24.1 Å². The van der Waals surface area contributed by atoms with Gasteiger partial charge in [0, 0.05) is 11.6 Å². The number of carbonyl (C=O) groups excluding carboxylic acids is 1. The molecule has 0 unspecified atom stereocenters. The Morgan fingerprint density at radius 3 is 2.74 bits per heavy atom. The molecule has 0 aromatic heterocycles. The fourth-order valence-electron chi connectivity index (χ4n) is 2.88. The van der Waals surface area contributed by atoms with Crippen LogP contribution in [0.4, 0.5) is 4.79 Å². The molecule has 0 saturated heterocycles. The van der Waals surface area contributed by atoms with Gasteiger partial charge in [-0.2, -0.15) is 0 Å². The Labute approximate surface area is 134 Å². The third-order valence-electron chi connectivity index (χ3n) is 4.10. The number of aromatic hydroxyl groups is 2. The minimum Gasteiger partial charge on any atom is -0.504 e. The van der Waals surface area contributed by atoms with Crippen LogP contribution in [0.2, 0.25) is 0 Å². The van der Waals surface area contributed by atoms with E-state index in [2.05, 4.69) is 5.32 Å². The maximum absolute atomic E-state index is 11.9. The van der Waals surface area contributed by atoms with Crippen LogP contribution in [-0.2, 0) is 24.2 Å². The number of amides is 1. The monoisotopic (exact) mass is 313 g/mol. The van der Waals surface area contributed by atoms with Gasteiger partial charge in [0.2, 0.25) is 0 Å². The van der Waals surface area contributed by atoms with Crippen molar-refractivity contribution in [1.82, 2.24) is 5.32 Å². The Morgan fingerprint density at radius 1 is 1.17 bits per heavy atom. The smallest absolute Gasteiger partial charge is 0.407 e. The lowest BCUT2D eigenvalue weighted by Gasteiger charge is -2.26. The van der Waals surface area contributed by atoms with Crippen LogP contribution in [0.25, 0.3) is 0 Å². The van der Waals surface area contributed by atoms with Gasteiger partial charge in [-0.25, -0.2) is 4.79 Å². The quantitative estimate of drug-likeness (QED) is 0.761. The maximum atomic E-state index is 11.9. The molecule has 2 aromatic carbocycles. The summed E-state index contributed by atoms with van der Waals surface area (Å²) in [5.74, 6) is -0.148. The molecule has 0 saturated carbocycles. The molecule has 23 heavy (non-hydrogen) atoms. The van der Waals surface area contributed by atoms with Gasteiger partial charge >= 0.3 is 6.09 Å². The number of nitrogens with one attached hydrogen (secondary N) is 1. The summed E-state index contributed by atoms with van der Waals surface area (Å²) in [6, 6.07) is 12.7. The van der Waals surface area contributed by atoms with Crippen molar-refractivity contribution in [2.45, 2.75) is 31.9 Å². The van der Waals surface area contributed by atoms with E-state index in [0.29, 0.717) is 19.3 Å². The average Bonchev–Trinajstić information content (AvgIpc) is 2.57. The van der Waals surface area contributed by atoms with Gasteiger partial charge in [-0.15, -0.1) is 0 Å². The molecular formula is C18H19NO4. The summed E-state index contributed by atoms with van der Waals surface area (Å²) in [5, 5.41) is 22.2. The highest BCUT2D eigenvalue weighted by Crippen LogP contribution is 2.35. The van der Waals surface area contributed by atoms with Crippen LogP contribution in [0.15, 0.2) is 42.5 Å². The first-order valence-corrected chi connectivity index (χ1v) is 7.63. The predicted molar refractivity (Wildman–Crippen MR) is 85.3 cm³/mol. The van der Waals surface area contributed by atoms with Crippen LogP contribution < -0.4 is 5.32 Å². The van der Waals surface area contributed by atoms with Crippen molar-refractivity contribution >= 4 is 6.09 Å². The molecule has 120 valence electrons. The molecule has 3 rings (SSSR count). The summed E-state index contributed by atoms with van der Waals surface area (Å²) in [4.78, 5) is 11.9. The molecule has 0 radical (unpaired) electrons. The Kier molecular flexibility index (Phi) is 4.37. The van der Waals surface area contributed by atoms with Gasteiger partial charge < -0.3 is 20.3 Å². The molecule has 1 atom stereocenters. The lowest BCUT2D eigenvalue weighted by atomic mass is 9.87. The van der Waals surface area contributed by atoms with Crippen molar-refractivity contribution in [3.8, 4) is 11.5 Å². The summed E-state index contributed by atoms with van der Waals surface area (Å²) >= 11 is 0. The number of carbonyl (C=O) groups is 1. The second-order valence-corrected chi connectivity index (χ2v) is 5.72. The predicted octanol–water partition coefficient (Wildman–Crippen LogP) is 2.88. The molecule has 0 bridgehead atoms. The standard InChI is InChI=1S/C18H19NO4/c20-16-9-6-13-10-14(7-8-15(13)17(16)21)19-18(22)23-11-12-4-2-1-3-5-12/h1-6,9,14,20-21H,7-8,10-11H2,(H,19,22)/t14-/m0/s1. The van der Waals surface area contributed by atoms with Crippen molar-refractivity contribution in [2.24, 2.45) is 0 Å². The number of hydrogen-bond acceptors (Lipinski definition) is 4. The Morgan fingerprint density at radius 2 is 1.96 bits per heavy atom. The van der Waals surface area contributed by atoms with Crippen molar-refractivity contribution < 1.29 is 19.7 Å². The van der Waals surface area contributed by atoms with E-state index in [1.54, 1.807) is 6.07 Å². The Balaban J connectivity index is 1.55. The highest BCUT2D eigenvalue weighted by molar-refractivity contribution is 5.67. The number of phenolic OH excluding ortho intramolecular Hbond substituents is 2. The van der Waals surface area contributed by atoms with Crippen LogP contribution in [0.5, 0.6) is 11.5 Å². The molecule has 5 heteroatoms. The van der Waals surface area contributed by atoms with E-state index in [4.69, 9.17) is 4.74 Å². The molecule has 0 spiro atoms. The van der Waals surface area contributed by atoms with E-state index in [1.165, 1.54) is 6.07 Å². The van der Waals surface area contributed by atoms with Gasteiger partial charge in [0.05, 0.1) is 0 Å². The number of hydrogen-bond donors (Lipinski definition) is 3. The highest BCUT2D eigenvalue weighted by atomic mass is 16.5. The molecule has 3 N–H and O–H groups in total. The lowest BCUT2D eigenvalue weighted by Crippen LogP contribution is -2.39. The first kappa shape index (κ1) is 15.2.